The molecule has 0 unspecified atom stereocenters. The molecule has 3 nitrogen and oxygen atoms in total. The van der Waals surface area contributed by atoms with Gasteiger partial charge in [0.2, 0.25) is 0 Å². The molecule has 3 heteroatoms. The second-order valence-electron chi connectivity index (χ2n) is 4.12. The van der Waals surface area contributed by atoms with Crippen LogP contribution in [0.5, 0.6) is 0 Å². The molecular weight excluding hydrogens is 222 g/mol. The zero-order chi connectivity index (χ0) is 12.4. The Morgan fingerprint density at radius 2 is 1.72 bits per heavy atom. The van der Waals surface area contributed by atoms with Gasteiger partial charge in [0.25, 0.3) is 0 Å². The highest BCUT2D eigenvalue weighted by molar-refractivity contribution is 5.84. The normalized spacial score (nSPS) is 10.4. The summed E-state index contributed by atoms with van der Waals surface area (Å²) in [6, 6.07) is 20.1. The number of nitrogens with zero attached hydrogens (tertiary/aromatic N) is 3. The Hall–Kier alpha value is -2.60. The van der Waals surface area contributed by atoms with Gasteiger partial charge in [-0.25, -0.2) is 0 Å². The van der Waals surface area contributed by atoms with E-state index in [1.165, 1.54) is 5.56 Å². The van der Waals surface area contributed by atoms with Crippen LogP contribution < -0.4 is 0 Å². The smallest absolute Gasteiger partial charge is 0.170 e. The minimum absolute atomic E-state index is 0.488. The first kappa shape index (κ1) is 10.5. The molecule has 1 heterocycles. The zero-order valence-electron chi connectivity index (χ0n) is 9.74. The van der Waals surface area contributed by atoms with E-state index in [0.717, 1.165) is 10.9 Å². The van der Waals surface area contributed by atoms with Crippen molar-refractivity contribution in [3.8, 4) is 6.07 Å². The van der Waals surface area contributed by atoms with E-state index >= 15 is 0 Å². The fraction of sp³-hybridized carbons (Fsp3) is 0.0667. The van der Waals surface area contributed by atoms with Crippen LogP contribution in [0.1, 0.15) is 11.3 Å². The summed E-state index contributed by atoms with van der Waals surface area (Å²) in [4.78, 5) is 0. The van der Waals surface area contributed by atoms with Gasteiger partial charge in [0.05, 0.1) is 12.1 Å². The number of fused-ring (bicyclic) bond motifs is 1. The van der Waals surface area contributed by atoms with Crippen LogP contribution in [-0.4, -0.2) is 9.78 Å². The predicted octanol–water partition coefficient (Wildman–Crippen LogP) is 2.96. The SMILES string of the molecule is N#Cc1nn(Cc2ccccc2)c2ccccc12. The second kappa shape index (κ2) is 4.34. The summed E-state index contributed by atoms with van der Waals surface area (Å²) in [5.41, 5.74) is 2.66. The lowest BCUT2D eigenvalue weighted by molar-refractivity contribution is 0.708. The van der Waals surface area contributed by atoms with E-state index in [2.05, 4.69) is 23.3 Å². The molecule has 0 saturated heterocycles. The average Bonchev–Trinajstić information content (AvgIpc) is 2.78. The fourth-order valence-electron chi connectivity index (χ4n) is 2.09. The molecule has 1 aromatic heterocycles. The van der Waals surface area contributed by atoms with E-state index in [1.54, 1.807) is 0 Å². The van der Waals surface area contributed by atoms with Crippen molar-refractivity contribution in [3.63, 3.8) is 0 Å². The minimum atomic E-state index is 0.488. The van der Waals surface area contributed by atoms with Crippen molar-refractivity contribution >= 4 is 10.9 Å². The van der Waals surface area contributed by atoms with Crippen LogP contribution in [0.4, 0.5) is 0 Å². The largest absolute Gasteiger partial charge is 0.259 e. The van der Waals surface area contributed by atoms with Crippen LogP contribution >= 0.6 is 0 Å². The first-order chi connectivity index (χ1) is 8.88. The molecule has 0 spiro atoms. The van der Waals surface area contributed by atoms with E-state index in [9.17, 15) is 0 Å². The van der Waals surface area contributed by atoms with E-state index in [0.29, 0.717) is 12.2 Å². The van der Waals surface area contributed by atoms with Gasteiger partial charge in [-0.3, -0.25) is 4.68 Å². The number of para-hydroxylation sites is 1. The van der Waals surface area contributed by atoms with Gasteiger partial charge < -0.3 is 0 Å². The molecule has 2 aromatic carbocycles. The summed E-state index contributed by atoms with van der Waals surface area (Å²) in [7, 11) is 0. The average molecular weight is 233 g/mol. The topological polar surface area (TPSA) is 41.6 Å². The fourth-order valence-corrected chi connectivity index (χ4v) is 2.09. The van der Waals surface area contributed by atoms with Gasteiger partial charge in [-0.05, 0) is 17.7 Å². The van der Waals surface area contributed by atoms with Crippen molar-refractivity contribution in [2.45, 2.75) is 6.54 Å². The number of aromatic nitrogens is 2. The summed E-state index contributed by atoms with van der Waals surface area (Å²) in [5, 5.41) is 14.4. The van der Waals surface area contributed by atoms with E-state index < -0.39 is 0 Å². The Bertz CT molecular complexity index is 720. The predicted molar refractivity (Wildman–Crippen MR) is 70.0 cm³/mol. The third-order valence-corrected chi connectivity index (χ3v) is 2.94. The lowest BCUT2D eigenvalue weighted by atomic mass is 10.2. The number of benzene rings is 2. The van der Waals surface area contributed by atoms with Gasteiger partial charge in [-0.1, -0.05) is 42.5 Å². The van der Waals surface area contributed by atoms with E-state index in [1.807, 2.05) is 47.1 Å². The van der Waals surface area contributed by atoms with Gasteiger partial charge in [0, 0.05) is 5.39 Å². The maximum absolute atomic E-state index is 9.09. The van der Waals surface area contributed by atoms with Crippen LogP contribution in [0.15, 0.2) is 54.6 Å². The van der Waals surface area contributed by atoms with Crippen LogP contribution in [0.2, 0.25) is 0 Å². The van der Waals surface area contributed by atoms with Crippen LogP contribution in [0.3, 0.4) is 0 Å². The Morgan fingerprint density at radius 1 is 1.00 bits per heavy atom. The molecule has 0 atom stereocenters. The van der Waals surface area contributed by atoms with Gasteiger partial charge in [-0.15, -0.1) is 0 Å². The molecule has 0 saturated carbocycles. The highest BCUT2D eigenvalue weighted by atomic mass is 15.3. The van der Waals surface area contributed by atoms with E-state index in [4.69, 9.17) is 5.26 Å². The van der Waals surface area contributed by atoms with E-state index in [-0.39, 0.29) is 0 Å². The third-order valence-electron chi connectivity index (χ3n) is 2.94. The molecule has 3 rings (SSSR count). The molecule has 0 aliphatic carbocycles. The van der Waals surface area contributed by atoms with Crippen LogP contribution in [0.25, 0.3) is 10.9 Å². The quantitative estimate of drug-likeness (QED) is 0.682. The van der Waals surface area contributed by atoms with Crippen molar-refractivity contribution < 1.29 is 0 Å². The summed E-state index contributed by atoms with van der Waals surface area (Å²) < 4.78 is 1.88. The highest BCUT2D eigenvalue weighted by Crippen LogP contribution is 2.18. The number of rotatable bonds is 2. The molecule has 0 aliphatic rings. The summed E-state index contributed by atoms with van der Waals surface area (Å²) in [5.74, 6) is 0. The van der Waals surface area contributed by atoms with Crippen LogP contribution in [0, 0.1) is 11.3 Å². The Balaban J connectivity index is 2.11. The molecule has 0 bridgehead atoms. The van der Waals surface area contributed by atoms with Gasteiger partial charge in [-0.2, -0.15) is 10.4 Å². The monoisotopic (exact) mass is 233 g/mol. The molecule has 86 valence electrons. The second-order valence-corrected chi connectivity index (χ2v) is 4.12. The first-order valence-electron chi connectivity index (χ1n) is 5.78. The third kappa shape index (κ3) is 1.74. The Labute approximate surface area is 105 Å². The van der Waals surface area contributed by atoms with Gasteiger partial charge in [0.15, 0.2) is 5.69 Å². The zero-order valence-corrected chi connectivity index (χ0v) is 9.74. The molecular formula is C15H11N3. The van der Waals surface area contributed by atoms with Gasteiger partial charge >= 0.3 is 0 Å². The molecule has 0 N–H and O–H groups in total. The molecule has 3 aromatic rings. The molecule has 0 radical (unpaired) electrons. The number of hydrogen-bond donors (Lipinski definition) is 0. The number of nitriles is 1. The Kier molecular flexibility index (Phi) is 2.54. The molecule has 0 amide bonds. The Morgan fingerprint density at radius 3 is 2.50 bits per heavy atom. The summed E-state index contributed by atoms with van der Waals surface area (Å²) in [6.45, 7) is 0.684. The lowest BCUT2D eigenvalue weighted by Gasteiger charge is -2.03. The lowest BCUT2D eigenvalue weighted by Crippen LogP contribution is -2.01. The van der Waals surface area contributed by atoms with Crippen molar-refractivity contribution in [1.82, 2.24) is 9.78 Å². The maximum atomic E-state index is 9.09. The van der Waals surface area contributed by atoms with Gasteiger partial charge in [0.1, 0.15) is 6.07 Å². The van der Waals surface area contributed by atoms with Crippen molar-refractivity contribution in [2.75, 3.05) is 0 Å². The first-order valence-corrected chi connectivity index (χ1v) is 5.78. The molecule has 0 fully saturated rings. The highest BCUT2D eigenvalue weighted by Gasteiger charge is 2.09. The van der Waals surface area contributed by atoms with Crippen molar-refractivity contribution in [1.29, 1.82) is 5.26 Å². The summed E-state index contributed by atoms with van der Waals surface area (Å²) in [6.07, 6.45) is 0. The summed E-state index contributed by atoms with van der Waals surface area (Å²) >= 11 is 0. The molecule has 18 heavy (non-hydrogen) atoms. The maximum Gasteiger partial charge on any atom is 0.170 e. The van der Waals surface area contributed by atoms with Crippen molar-refractivity contribution in [3.05, 3.63) is 65.9 Å². The standard InChI is InChI=1S/C15H11N3/c16-10-14-13-8-4-5-9-15(13)18(17-14)11-12-6-2-1-3-7-12/h1-9H,11H2. The minimum Gasteiger partial charge on any atom is -0.259 e. The van der Waals surface area contributed by atoms with Crippen molar-refractivity contribution in [2.24, 2.45) is 0 Å². The van der Waals surface area contributed by atoms with Crippen LogP contribution in [-0.2, 0) is 6.54 Å². The number of hydrogen-bond acceptors (Lipinski definition) is 2. The molecule has 0 aliphatic heterocycles.